The van der Waals surface area contributed by atoms with Crippen LogP contribution in [0.3, 0.4) is 0 Å². The van der Waals surface area contributed by atoms with Crippen LogP contribution in [0.5, 0.6) is 0 Å². The van der Waals surface area contributed by atoms with Crippen LogP contribution in [-0.4, -0.2) is 14.7 Å². The summed E-state index contributed by atoms with van der Waals surface area (Å²) < 4.78 is 54.8. The second-order valence-corrected chi connectivity index (χ2v) is 9.02. The highest BCUT2D eigenvalue weighted by molar-refractivity contribution is 7.85. The molecule has 0 saturated heterocycles. The van der Waals surface area contributed by atoms with E-state index in [2.05, 4.69) is 4.40 Å². The van der Waals surface area contributed by atoms with E-state index in [0.717, 1.165) is 30.0 Å². The topological polar surface area (TPSA) is 29.4 Å². The van der Waals surface area contributed by atoms with Crippen LogP contribution >= 0.6 is 0 Å². The van der Waals surface area contributed by atoms with E-state index in [1.54, 1.807) is 0 Å². The molecule has 0 unspecified atom stereocenters. The van der Waals surface area contributed by atoms with Crippen molar-refractivity contribution in [2.75, 3.05) is 0 Å². The Balaban J connectivity index is 2.05. The van der Waals surface area contributed by atoms with Crippen molar-refractivity contribution in [3.05, 3.63) is 34.9 Å². The molecular weight excluding hydrogens is 311 g/mol. The summed E-state index contributed by atoms with van der Waals surface area (Å²) >= 11 is 0. The minimum absolute atomic E-state index is 0.197. The first-order valence-corrected chi connectivity index (χ1v) is 8.35. The van der Waals surface area contributed by atoms with Gasteiger partial charge in [0.15, 0.2) is 0 Å². The summed E-state index contributed by atoms with van der Waals surface area (Å²) in [5, 5.41) is 0. The molecule has 2 aliphatic rings. The normalized spacial score (nSPS) is 22.9. The van der Waals surface area contributed by atoms with Gasteiger partial charge in [-0.1, -0.05) is 6.07 Å². The lowest BCUT2D eigenvalue weighted by Crippen LogP contribution is -2.21. The van der Waals surface area contributed by atoms with Gasteiger partial charge in [0.2, 0.25) is 0 Å². The van der Waals surface area contributed by atoms with Gasteiger partial charge in [-0.3, -0.25) is 0 Å². The van der Waals surface area contributed by atoms with Gasteiger partial charge in [-0.15, -0.1) is 0 Å². The lowest BCUT2D eigenvalue weighted by Gasteiger charge is -2.14. The van der Waals surface area contributed by atoms with Gasteiger partial charge in [-0.2, -0.15) is 17.6 Å². The van der Waals surface area contributed by atoms with Gasteiger partial charge in [0.05, 0.1) is 16.0 Å². The van der Waals surface area contributed by atoms with Crippen molar-refractivity contribution in [3.63, 3.8) is 0 Å². The molecule has 22 heavy (non-hydrogen) atoms. The van der Waals surface area contributed by atoms with Gasteiger partial charge >= 0.3 is 6.18 Å². The molecule has 3 rings (SSSR count). The maximum absolute atomic E-state index is 12.9. The summed E-state index contributed by atoms with van der Waals surface area (Å²) in [6.45, 7) is 5.51. The van der Waals surface area contributed by atoms with Crippen molar-refractivity contribution in [1.29, 1.82) is 0 Å². The third-order valence-electron chi connectivity index (χ3n) is 4.31. The van der Waals surface area contributed by atoms with E-state index in [9.17, 15) is 17.4 Å². The molecule has 0 bridgehead atoms. The zero-order chi connectivity index (χ0) is 16.3. The van der Waals surface area contributed by atoms with Crippen LogP contribution in [-0.2, 0) is 22.6 Å². The SMILES string of the molecule is CC(C)(C)[S@@](=O)/N=C1/CC2(CC2)c2cc(C(F)(F)F)ccc21. The summed E-state index contributed by atoms with van der Waals surface area (Å²) in [5.41, 5.74) is 1.35. The average Bonchev–Trinajstić information content (AvgIpc) is 3.09. The molecular formula is C16H18F3NOS. The molecule has 1 spiro atoms. The van der Waals surface area contributed by atoms with E-state index in [0.29, 0.717) is 12.1 Å². The minimum Gasteiger partial charge on any atom is -0.234 e. The van der Waals surface area contributed by atoms with Crippen molar-refractivity contribution < 1.29 is 17.4 Å². The van der Waals surface area contributed by atoms with Gasteiger partial charge in [0, 0.05) is 17.4 Å². The average molecular weight is 329 g/mol. The molecule has 6 heteroatoms. The Hall–Kier alpha value is -1.17. The summed E-state index contributed by atoms with van der Waals surface area (Å²) in [5.74, 6) is 0. The fourth-order valence-corrected chi connectivity index (χ4v) is 3.47. The van der Waals surface area contributed by atoms with E-state index in [4.69, 9.17) is 0 Å². The number of benzene rings is 1. The molecule has 0 N–H and O–H groups in total. The summed E-state index contributed by atoms with van der Waals surface area (Å²) in [7, 11) is -1.40. The number of rotatable bonds is 1. The largest absolute Gasteiger partial charge is 0.416 e. The van der Waals surface area contributed by atoms with Crippen molar-refractivity contribution in [2.24, 2.45) is 4.40 Å². The van der Waals surface area contributed by atoms with Crippen LogP contribution in [0.1, 0.15) is 56.7 Å². The molecule has 0 heterocycles. The van der Waals surface area contributed by atoms with Gasteiger partial charge in [0.25, 0.3) is 0 Å². The maximum atomic E-state index is 12.9. The summed E-state index contributed by atoms with van der Waals surface area (Å²) in [6.07, 6.45) is -1.98. The summed E-state index contributed by atoms with van der Waals surface area (Å²) in [4.78, 5) is 0. The zero-order valence-electron chi connectivity index (χ0n) is 12.8. The first kappa shape index (κ1) is 15.7. The number of fused-ring (bicyclic) bond motifs is 2. The highest BCUT2D eigenvalue weighted by Gasteiger charge is 2.52. The van der Waals surface area contributed by atoms with Gasteiger partial charge in [0.1, 0.15) is 11.0 Å². The molecule has 120 valence electrons. The fourth-order valence-electron chi connectivity index (χ4n) is 2.84. The molecule has 0 amide bonds. The molecule has 0 aliphatic heterocycles. The van der Waals surface area contributed by atoms with E-state index < -0.39 is 27.5 Å². The van der Waals surface area contributed by atoms with Crippen molar-refractivity contribution >= 4 is 16.7 Å². The zero-order valence-corrected chi connectivity index (χ0v) is 13.6. The Morgan fingerprint density at radius 3 is 2.32 bits per heavy atom. The molecule has 1 aromatic rings. The third-order valence-corrected chi connectivity index (χ3v) is 5.74. The van der Waals surface area contributed by atoms with Crippen molar-refractivity contribution in [3.8, 4) is 0 Å². The van der Waals surface area contributed by atoms with Crippen LogP contribution in [0.25, 0.3) is 0 Å². The first-order chi connectivity index (χ1) is 10.0. The van der Waals surface area contributed by atoms with Gasteiger partial charge < -0.3 is 0 Å². The second kappa shape index (κ2) is 4.66. The molecule has 2 aliphatic carbocycles. The number of alkyl halides is 3. The van der Waals surface area contributed by atoms with Crippen LogP contribution in [0.15, 0.2) is 22.6 Å². The highest BCUT2D eigenvalue weighted by Crippen LogP contribution is 2.57. The van der Waals surface area contributed by atoms with Gasteiger partial charge in [-0.25, -0.2) is 4.21 Å². The predicted molar refractivity (Wildman–Crippen MR) is 81.4 cm³/mol. The Morgan fingerprint density at radius 2 is 1.82 bits per heavy atom. The van der Waals surface area contributed by atoms with E-state index in [1.165, 1.54) is 12.1 Å². The Kier molecular flexibility index (Phi) is 3.33. The first-order valence-electron chi connectivity index (χ1n) is 7.25. The summed E-state index contributed by atoms with van der Waals surface area (Å²) in [6, 6.07) is 3.84. The molecule has 0 radical (unpaired) electrons. The standard InChI is InChI=1S/C16H18F3NOS/c1-14(2,3)22(21)20-13-9-15(6-7-15)12-8-10(16(17,18)19)4-5-11(12)13/h4-5,8H,6-7,9H2,1-3H3/b20-13-/t22-/m1/s1. The lowest BCUT2D eigenvalue weighted by atomic mass is 9.96. The van der Waals surface area contributed by atoms with Gasteiger partial charge in [-0.05, 0) is 51.3 Å². The van der Waals surface area contributed by atoms with Crippen molar-refractivity contribution in [2.45, 2.75) is 56.4 Å². The predicted octanol–water partition coefficient (Wildman–Crippen LogP) is 4.39. The molecule has 0 aromatic heterocycles. The monoisotopic (exact) mass is 329 g/mol. The van der Waals surface area contributed by atoms with E-state index >= 15 is 0 Å². The van der Waals surface area contributed by atoms with Crippen LogP contribution < -0.4 is 0 Å². The Bertz CT molecular complexity index is 682. The third kappa shape index (κ3) is 2.62. The Labute approximate surface area is 130 Å². The second-order valence-electron chi connectivity index (χ2n) is 7.11. The maximum Gasteiger partial charge on any atom is 0.416 e. The van der Waals surface area contributed by atoms with Crippen LogP contribution in [0.2, 0.25) is 0 Å². The van der Waals surface area contributed by atoms with Crippen LogP contribution in [0, 0.1) is 0 Å². The highest BCUT2D eigenvalue weighted by atomic mass is 32.2. The number of hydrogen-bond donors (Lipinski definition) is 0. The molecule has 2 nitrogen and oxygen atoms in total. The van der Waals surface area contributed by atoms with Crippen LogP contribution in [0.4, 0.5) is 13.2 Å². The van der Waals surface area contributed by atoms with E-state index in [-0.39, 0.29) is 5.41 Å². The molecule has 1 atom stereocenters. The quantitative estimate of drug-likeness (QED) is 0.751. The number of halogens is 3. The van der Waals surface area contributed by atoms with E-state index in [1.807, 2.05) is 20.8 Å². The molecule has 1 aromatic carbocycles. The molecule has 1 fully saturated rings. The van der Waals surface area contributed by atoms with Crippen molar-refractivity contribution in [1.82, 2.24) is 0 Å². The fraction of sp³-hybridized carbons (Fsp3) is 0.562. The number of nitrogens with zero attached hydrogens (tertiary/aromatic N) is 1. The molecule has 1 saturated carbocycles. The number of hydrogen-bond acceptors (Lipinski definition) is 1. The smallest absolute Gasteiger partial charge is 0.234 e. The minimum atomic E-state index is -4.33. The Morgan fingerprint density at radius 1 is 1.18 bits per heavy atom. The lowest BCUT2D eigenvalue weighted by molar-refractivity contribution is -0.137.